The van der Waals surface area contributed by atoms with Crippen molar-refractivity contribution in [2.45, 2.75) is 62.6 Å². The Kier molecular flexibility index (Phi) is 6.22. The first-order chi connectivity index (χ1) is 19.0. The summed E-state index contributed by atoms with van der Waals surface area (Å²) >= 11 is 0. The van der Waals surface area contributed by atoms with Crippen molar-refractivity contribution in [1.29, 1.82) is 0 Å². The van der Waals surface area contributed by atoms with Crippen LogP contribution in [0.1, 0.15) is 42.9 Å². The van der Waals surface area contributed by atoms with Crippen LogP contribution in [0, 0.1) is 5.41 Å². The summed E-state index contributed by atoms with van der Waals surface area (Å²) in [5, 5.41) is 10.8. The smallest absolute Gasteiger partial charge is 0.504 e. The molecule has 2 aromatic carbocycles. The Bertz CT molecular complexity index is 1390. The highest BCUT2D eigenvalue weighted by atomic mass is 19.4. The Hall–Kier alpha value is -3.46. The summed E-state index contributed by atoms with van der Waals surface area (Å²) in [6.45, 7) is 8.01. The summed E-state index contributed by atoms with van der Waals surface area (Å²) in [6, 6.07) is 9.29. The van der Waals surface area contributed by atoms with Gasteiger partial charge in [0.15, 0.2) is 11.5 Å². The first kappa shape index (κ1) is 26.7. The third kappa shape index (κ3) is 3.92. The van der Waals surface area contributed by atoms with Crippen LogP contribution in [0.25, 0.3) is 6.08 Å². The van der Waals surface area contributed by atoms with Crippen molar-refractivity contribution in [3.63, 3.8) is 0 Å². The number of hydrogen-bond donors (Lipinski definition) is 1. The van der Waals surface area contributed by atoms with Crippen LogP contribution in [0.2, 0.25) is 0 Å². The number of piperidine rings is 1. The maximum atomic E-state index is 13.4. The normalized spacial score (nSPS) is 30.5. The van der Waals surface area contributed by atoms with Crippen LogP contribution in [0.4, 0.5) is 13.2 Å². The van der Waals surface area contributed by atoms with Crippen LogP contribution < -0.4 is 9.47 Å². The Balaban J connectivity index is 1.31. The lowest BCUT2D eigenvalue weighted by Gasteiger charge is -2.66. The highest BCUT2D eigenvalue weighted by molar-refractivity contribution is 5.92. The van der Waals surface area contributed by atoms with Gasteiger partial charge in [0.25, 0.3) is 0 Å². The third-order valence-electron chi connectivity index (χ3n) is 9.83. The molecule has 1 amide bonds. The van der Waals surface area contributed by atoms with E-state index >= 15 is 0 Å². The largest absolute Gasteiger partial charge is 0.573 e. The molecule has 2 fully saturated rings. The molecule has 5 atom stereocenters. The fourth-order valence-electron chi connectivity index (χ4n) is 8.10. The third-order valence-corrected chi connectivity index (χ3v) is 9.83. The van der Waals surface area contributed by atoms with Gasteiger partial charge in [-0.2, -0.15) is 0 Å². The van der Waals surface area contributed by atoms with E-state index in [1.807, 2.05) is 12.1 Å². The van der Waals surface area contributed by atoms with Crippen LogP contribution in [-0.4, -0.2) is 65.5 Å². The fraction of sp³-hybridized carbons (Fsp3) is 0.452. The standard InChI is InChI=1S/C31H33F3N2O4/c1-4-15-36-16-14-30-26-20-9-10-23(37)27(26)39-28(30)22(12-13-29(30,2)24(36)18-20)35(3)25(38)11-8-19-6-5-7-21(17-19)40-31(32,33)34/h4-11,17,22,24,28,37H,1,12-16,18H2,2-3H3/t22-,24-,28+,29+,30+/m1/s1. The molecule has 2 aromatic rings. The van der Waals surface area contributed by atoms with Gasteiger partial charge in [-0.3, -0.25) is 9.69 Å². The van der Waals surface area contributed by atoms with Gasteiger partial charge < -0.3 is 19.5 Å². The number of likely N-dealkylation sites (tertiary alicyclic amines) is 1. The van der Waals surface area contributed by atoms with Crippen molar-refractivity contribution in [3.05, 3.63) is 71.8 Å². The number of carbonyl (C=O) groups is 1. The number of benzene rings is 2. The van der Waals surface area contributed by atoms with Gasteiger partial charge in [-0.25, -0.2) is 0 Å². The van der Waals surface area contributed by atoms with Crippen LogP contribution >= 0.6 is 0 Å². The fourth-order valence-corrected chi connectivity index (χ4v) is 8.10. The Morgan fingerprint density at radius 2 is 2.10 bits per heavy atom. The van der Waals surface area contributed by atoms with Gasteiger partial charge in [0.2, 0.25) is 5.91 Å². The molecule has 2 aliphatic carbocycles. The average Bonchev–Trinajstić information content (AvgIpc) is 3.25. The molecule has 0 radical (unpaired) electrons. The summed E-state index contributed by atoms with van der Waals surface area (Å²) in [5.41, 5.74) is 2.27. The molecule has 40 heavy (non-hydrogen) atoms. The van der Waals surface area contributed by atoms with Crippen LogP contribution in [0.15, 0.2) is 55.1 Å². The highest BCUT2D eigenvalue weighted by Gasteiger charge is 2.71. The molecular formula is C31H33F3N2O4. The van der Waals surface area contributed by atoms with E-state index in [1.54, 1.807) is 24.1 Å². The van der Waals surface area contributed by atoms with Crippen molar-refractivity contribution in [3.8, 4) is 17.2 Å². The van der Waals surface area contributed by atoms with Crippen LogP contribution in [0.5, 0.6) is 17.2 Å². The molecule has 1 saturated heterocycles. The van der Waals surface area contributed by atoms with E-state index < -0.39 is 6.36 Å². The number of ether oxygens (including phenoxy) is 2. The highest BCUT2D eigenvalue weighted by Crippen LogP contribution is 2.69. The number of halogens is 3. The van der Waals surface area contributed by atoms with Gasteiger partial charge in [0, 0.05) is 36.7 Å². The minimum absolute atomic E-state index is 0.111. The molecule has 2 bridgehead atoms. The summed E-state index contributed by atoms with van der Waals surface area (Å²) in [4.78, 5) is 17.6. The number of amides is 1. The molecular weight excluding hydrogens is 521 g/mol. The number of aromatic hydroxyl groups is 1. The second kappa shape index (κ2) is 9.29. The van der Waals surface area contributed by atoms with Crippen molar-refractivity contribution < 1.29 is 32.5 Å². The number of carbonyl (C=O) groups excluding carboxylic acids is 1. The van der Waals surface area contributed by atoms with Gasteiger partial charge in [-0.15, -0.1) is 19.8 Å². The zero-order chi connectivity index (χ0) is 28.4. The molecule has 2 heterocycles. The zero-order valence-corrected chi connectivity index (χ0v) is 22.6. The number of alkyl halides is 3. The lowest BCUT2D eigenvalue weighted by molar-refractivity contribution is -0.274. The van der Waals surface area contributed by atoms with E-state index in [2.05, 4.69) is 23.1 Å². The Morgan fingerprint density at radius 1 is 1.30 bits per heavy atom. The van der Waals surface area contributed by atoms with Gasteiger partial charge in [0.05, 0.1) is 6.04 Å². The van der Waals surface area contributed by atoms with E-state index in [4.69, 9.17) is 4.74 Å². The molecule has 1 spiro atoms. The Morgan fingerprint density at radius 3 is 2.85 bits per heavy atom. The van der Waals surface area contributed by atoms with E-state index in [0.717, 1.165) is 44.3 Å². The first-order valence-electron chi connectivity index (χ1n) is 13.7. The van der Waals surface area contributed by atoms with E-state index in [1.165, 1.54) is 35.9 Å². The number of rotatable bonds is 6. The second-order valence-corrected chi connectivity index (χ2v) is 11.6. The Labute approximate surface area is 231 Å². The topological polar surface area (TPSA) is 62.2 Å². The van der Waals surface area contributed by atoms with Gasteiger partial charge >= 0.3 is 6.36 Å². The molecule has 1 N–H and O–H groups in total. The predicted molar refractivity (Wildman–Crippen MR) is 144 cm³/mol. The molecule has 9 heteroatoms. The maximum Gasteiger partial charge on any atom is 0.573 e. The van der Waals surface area contributed by atoms with Crippen molar-refractivity contribution in [2.24, 2.45) is 5.41 Å². The molecule has 1 saturated carbocycles. The lowest BCUT2D eigenvalue weighted by atomic mass is 9.43. The number of phenols is 1. The average molecular weight is 555 g/mol. The summed E-state index contributed by atoms with van der Waals surface area (Å²) < 4.78 is 48.5. The van der Waals surface area contributed by atoms with Gasteiger partial charge in [-0.1, -0.05) is 31.2 Å². The van der Waals surface area contributed by atoms with E-state index in [9.17, 15) is 23.1 Å². The number of phenolic OH excluding ortho intramolecular Hbond substituents is 1. The summed E-state index contributed by atoms with van der Waals surface area (Å²) in [5.74, 6) is 0.0654. The van der Waals surface area contributed by atoms with Crippen molar-refractivity contribution in [2.75, 3.05) is 20.1 Å². The molecule has 212 valence electrons. The number of likely N-dealkylation sites (N-methyl/N-ethyl adjacent to an activating group) is 1. The molecule has 4 aliphatic rings. The number of nitrogens with zero attached hydrogens (tertiary/aromatic N) is 2. The molecule has 6 nitrogen and oxygen atoms in total. The monoisotopic (exact) mass is 554 g/mol. The molecule has 0 aromatic heterocycles. The van der Waals surface area contributed by atoms with Crippen LogP contribution in [-0.2, 0) is 16.6 Å². The zero-order valence-electron chi connectivity index (χ0n) is 22.6. The van der Waals surface area contributed by atoms with E-state index in [0.29, 0.717) is 17.4 Å². The van der Waals surface area contributed by atoms with Gasteiger partial charge in [0.1, 0.15) is 11.9 Å². The lowest BCUT2D eigenvalue weighted by Crippen LogP contribution is -2.73. The molecule has 2 aliphatic heterocycles. The SMILES string of the molecule is C=CCN1CC[C@]23c4c5ccc(O)c4O[C@H]2[C@H](N(C)C(=O)C=Cc2cccc(OC(F)(F)F)c2)CC[C@@]3(C)[C@H]1C5. The quantitative estimate of drug-likeness (QED) is 0.380. The van der Waals surface area contributed by atoms with Crippen molar-refractivity contribution >= 4 is 12.0 Å². The predicted octanol–water partition coefficient (Wildman–Crippen LogP) is 5.45. The second-order valence-electron chi connectivity index (χ2n) is 11.6. The number of hydrogen-bond acceptors (Lipinski definition) is 5. The molecule has 6 rings (SSSR count). The summed E-state index contributed by atoms with van der Waals surface area (Å²) in [6.07, 6.45) is 3.06. The van der Waals surface area contributed by atoms with Crippen LogP contribution in [0.3, 0.4) is 0 Å². The maximum absolute atomic E-state index is 13.4. The van der Waals surface area contributed by atoms with E-state index in [-0.39, 0.29) is 40.4 Å². The van der Waals surface area contributed by atoms with Gasteiger partial charge in [-0.05, 0) is 73.0 Å². The molecule has 0 unspecified atom stereocenters. The minimum atomic E-state index is -4.79. The minimum Gasteiger partial charge on any atom is -0.504 e. The summed E-state index contributed by atoms with van der Waals surface area (Å²) in [7, 11) is 1.75. The van der Waals surface area contributed by atoms with Crippen molar-refractivity contribution in [1.82, 2.24) is 9.80 Å². The first-order valence-corrected chi connectivity index (χ1v) is 13.7.